The Morgan fingerprint density at radius 2 is 1.91 bits per heavy atom. The van der Waals surface area contributed by atoms with E-state index in [1.807, 2.05) is 12.1 Å². The molecule has 1 heterocycles. The Labute approximate surface area is 150 Å². The van der Waals surface area contributed by atoms with Crippen molar-refractivity contribution in [2.24, 2.45) is 0 Å². The van der Waals surface area contributed by atoms with Crippen LogP contribution in [0.1, 0.15) is 22.6 Å². The van der Waals surface area contributed by atoms with Gasteiger partial charge in [0.05, 0.1) is 29.4 Å². The molecule has 122 valence electrons. The van der Waals surface area contributed by atoms with Gasteiger partial charge in [-0.2, -0.15) is 0 Å². The number of quaternary nitrogens is 1. The lowest BCUT2D eigenvalue weighted by molar-refractivity contribution is -0.897. The maximum Gasteiger partial charge on any atom is 0.261 e. The van der Waals surface area contributed by atoms with Crippen LogP contribution < -0.4 is 4.90 Å². The van der Waals surface area contributed by atoms with E-state index in [1.165, 1.54) is 11.0 Å². The molecule has 0 aliphatic carbocycles. The van der Waals surface area contributed by atoms with Gasteiger partial charge in [-0.1, -0.05) is 35.3 Å². The maximum atomic E-state index is 11.6. The summed E-state index contributed by atoms with van der Waals surface area (Å²) in [5.41, 5.74) is 3.01. The van der Waals surface area contributed by atoms with E-state index in [9.17, 15) is 8.42 Å². The molecule has 23 heavy (non-hydrogen) atoms. The molecular weight excluding hydrogens is 377 g/mol. The van der Waals surface area contributed by atoms with Crippen LogP contribution >= 0.6 is 33.9 Å². The molecule has 3 nitrogen and oxygen atoms in total. The number of hydrogen-bond acceptors (Lipinski definition) is 2. The van der Waals surface area contributed by atoms with Crippen LogP contribution in [0.2, 0.25) is 10.0 Å². The molecule has 0 amide bonds. The SMILES string of the molecule is C[NH+]1Cc2c(Cl)cc(Cl)cc2C(c2cccc(S(=O)(=O)Cl)c2)C1. The molecule has 0 bridgehead atoms. The second kappa shape index (κ2) is 6.26. The molecule has 2 aromatic rings. The van der Waals surface area contributed by atoms with Gasteiger partial charge < -0.3 is 4.90 Å². The third-order valence-electron chi connectivity index (χ3n) is 4.14. The monoisotopic (exact) mass is 390 g/mol. The summed E-state index contributed by atoms with van der Waals surface area (Å²) in [6, 6.07) is 10.4. The highest BCUT2D eigenvalue weighted by Gasteiger charge is 2.30. The average Bonchev–Trinajstić information content (AvgIpc) is 2.47. The maximum absolute atomic E-state index is 11.6. The minimum absolute atomic E-state index is 0.0216. The normalized spacial score (nSPS) is 21.0. The molecule has 3 rings (SSSR count). The molecule has 0 fully saturated rings. The van der Waals surface area contributed by atoms with Crippen LogP contribution in [0, 0.1) is 0 Å². The zero-order valence-corrected chi connectivity index (χ0v) is 15.4. The van der Waals surface area contributed by atoms with Gasteiger partial charge in [0.1, 0.15) is 6.54 Å². The minimum atomic E-state index is -3.76. The second-order valence-corrected chi connectivity index (χ2v) is 9.27. The fourth-order valence-electron chi connectivity index (χ4n) is 3.13. The molecule has 0 radical (unpaired) electrons. The number of likely N-dealkylation sites (N-methyl/N-ethyl adjacent to an activating group) is 1. The summed E-state index contributed by atoms with van der Waals surface area (Å²) in [5.74, 6) is 0.0216. The van der Waals surface area contributed by atoms with Crippen molar-refractivity contribution in [2.75, 3.05) is 13.6 Å². The molecule has 2 atom stereocenters. The van der Waals surface area contributed by atoms with Crippen molar-refractivity contribution in [3.8, 4) is 0 Å². The molecule has 0 aromatic heterocycles. The zero-order chi connectivity index (χ0) is 16.8. The Hall–Kier alpha value is -0.780. The van der Waals surface area contributed by atoms with E-state index in [0.717, 1.165) is 29.8 Å². The average molecular weight is 392 g/mol. The first kappa shape index (κ1) is 17.1. The van der Waals surface area contributed by atoms with E-state index in [1.54, 1.807) is 18.2 Å². The molecule has 0 spiro atoms. The summed E-state index contributed by atoms with van der Waals surface area (Å²) in [5, 5.41) is 1.23. The quantitative estimate of drug-likeness (QED) is 0.799. The predicted octanol–water partition coefficient (Wildman–Crippen LogP) is 3.08. The molecule has 1 N–H and O–H groups in total. The van der Waals surface area contributed by atoms with Crippen LogP contribution in [0.5, 0.6) is 0 Å². The highest BCUT2D eigenvalue weighted by molar-refractivity contribution is 8.13. The van der Waals surface area contributed by atoms with Gasteiger partial charge in [0, 0.05) is 21.3 Å². The van der Waals surface area contributed by atoms with E-state index in [4.69, 9.17) is 33.9 Å². The van der Waals surface area contributed by atoms with E-state index < -0.39 is 9.05 Å². The van der Waals surface area contributed by atoms with Crippen LogP contribution in [0.3, 0.4) is 0 Å². The van der Waals surface area contributed by atoms with E-state index in [2.05, 4.69) is 7.05 Å². The first-order valence-electron chi connectivity index (χ1n) is 7.09. The summed E-state index contributed by atoms with van der Waals surface area (Å²) >= 11 is 12.5. The number of halogens is 3. The Bertz CT molecular complexity index is 868. The van der Waals surface area contributed by atoms with Gasteiger partial charge in [-0.15, -0.1) is 0 Å². The Morgan fingerprint density at radius 1 is 1.17 bits per heavy atom. The van der Waals surface area contributed by atoms with E-state index >= 15 is 0 Å². The van der Waals surface area contributed by atoms with Crippen LogP contribution in [0.15, 0.2) is 41.3 Å². The second-order valence-electron chi connectivity index (χ2n) is 5.86. The Kier molecular flexibility index (Phi) is 4.64. The smallest absolute Gasteiger partial charge is 0.261 e. The van der Waals surface area contributed by atoms with Gasteiger partial charge in [0.15, 0.2) is 0 Å². The van der Waals surface area contributed by atoms with Crippen molar-refractivity contribution < 1.29 is 13.3 Å². The van der Waals surface area contributed by atoms with Gasteiger partial charge in [0.2, 0.25) is 0 Å². The lowest BCUT2D eigenvalue weighted by Gasteiger charge is -2.31. The highest BCUT2D eigenvalue weighted by atomic mass is 35.7. The fourth-order valence-corrected chi connectivity index (χ4v) is 4.52. The minimum Gasteiger partial charge on any atom is -0.333 e. The third-order valence-corrected chi connectivity index (χ3v) is 6.05. The highest BCUT2D eigenvalue weighted by Crippen LogP contribution is 2.35. The molecule has 1 aliphatic rings. The van der Waals surface area contributed by atoms with Gasteiger partial charge in [0.25, 0.3) is 9.05 Å². The number of hydrogen-bond donors (Lipinski definition) is 1. The molecular formula is C16H15Cl3NO2S+. The molecule has 1 aliphatic heterocycles. The topological polar surface area (TPSA) is 38.6 Å². The van der Waals surface area contributed by atoms with Gasteiger partial charge in [-0.05, 0) is 35.4 Å². The number of nitrogens with one attached hydrogen (secondary N) is 1. The first-order chi connectivity index (χ1) is 10.8. The largest absolute Gasteiger partial charge is 0.333 e. The summed E-state index contributed by atoms with van der Waals surface area (Å²) in [7, 11) is 3.80. The van der Waals surface area contributed by atoms with Crippen molar-refractivity contribution in [1.29, 1.82) is 0 Å². The third kappa shape index (κ3) is 3.52. The lowest BCUT2D eigenvalue weighted by Crippen LogP contribution is -3.09. The first-order valence-corrected chi connectivity index (χ1v) is 10.2. The van der Waals surface area contributed by atoms with Crippen molar-refractivity contribution in [3.05, 3.63) is 63.1 Å². The molecule has 2 unspecified atom stereocenters. The molecule has 0 saturated heterocycles. The van der Waals surface area contributed by atoms with Crippen molar-refractivity contribution in [1.82, 2.24) is 0 Å². The van der Waals surface area contributed by atoms with Gasteiger partial charge in [-0.3, -0.25) is 0 Å². The number of rotatable bonds is 2. The Morgan fingerprint density at radius 3 is 2.61 bits per heavy atom. The molecule has 2 aromatic carbocycles. The number of benzene rings is 2. The summed E-state index contributed by atoms with van der Waals surface area (Å²) in [6.45, 7) is 1.64. The fraction of sp³-hybridized carbons (Fsp3) is 0.250. The predicted molar refractivity (Wildman–Crippen MR) is 93.2 cm³/mol. The van der Waals surface area contributed by atoms with E-state index in [0.29, 0.717) is 10.0 Å². The summed E-state index contributed by atoms with van der Waals surface area (Å²) in [4.78, 5) is 1.40. The van der Waals surface area contributed by atoms with Gasteiger partial charge >= 0.3 is 0 Å². The van der Waals surface area contributed by atoms with Crippen LogP contribution in [-0.4, -0.2) is 22.0 Å². The van der Waals surface area contributed by atoms with Crippen molar-refractivity contribution in [2.45, 2.75) is 17.4 Å². The molecule has 7 heteroatoms. The standard InChI is InChI=1S/C16H14Cl3NO2S/c1-20-8-14(10-3-2-4-12(5-10)23(19,21)22)13-6-11(17)7-16(18)15(13)9-20/h2-7,14H,8-9H2,1H3/p+1. The van der Waals surface area contributed by atoms with Crippen molar-refractivity contribution >= 4 is 42.9 Å². The van der Waals surface area contributed by atoms with E-state index in [-0.39, 0.29) is 10.8 Å². The zero-order valence-electron chi connectivity index (χ0n) is 12.3. The van der Waals surface area contributed by atoms with Crippen LogP contribution in [-0.2, 0) is 15.6 Å². The molecule has 0 saturated carbocycles. The van der Waals surface area contributed by atoms with Crippen molar-refractivity contribution in [3.63, 3.8) is 0 Å². The summed E-state index contributed by atoms with van der Waals surface area (Å²) in [6.07, 6.45) is 0. The van der Waals surface area contributed by atoms with Gasteiger partial charge in [-0.25, -0.2) is 8.42 Å². The Balaban J connectivity index is 2.15. The van der Waals surface area contributed by atoms with Crippen LogP contribution in [0.4, 0.5) is 0 Å². The number of fused-ring (bicyclic) bond motifs is 1. The summed E-state index contributed by atoms with van der Waals surface area (Å²) < 4.78 is 23.2. The van der Waals surface area contributed by atoms with Crippen LogP contribution in [0.25, 0.3) is 0 Å². The lowest BCUT2D eigenvalue weighted by atomic mass is 9.85.